The molecule has 0 aliphatic carbocycles. The SMILES string of the molecule is CCC(C)N1CCC(CNCC(C)C)C1. The zero-order valence-electron chi connectivity index (χ0n) is 10.9. The first-order valence-corrected chi connectivity index (χ1v) is 6.58. The van der Waals surface area contributed by atoms with Crippen LogP contribution in [-0.4, -0.2) is 37.1 Å². The third-order valence-electron chi connectivity index (χ3n) is 3.52. The number of hydrogen-bond acceptors (Lipinski definition) is 2. The lowest BCUT2D eigenvalue weighted by atomic mass is 10.1. The lowest BCUT2D eigenvalue weighted by molar-refractivity contribution is 0.242. The zero-order chi connectivity index (χ0) is 11.3. The van der Waals surface area contributed by atoms with E-state index < -0.39 is 0 Å². The number of hydrogen-bond donors (Lipinski definition) is 1. The Morgan fingerprint density at radius 3 is 2.67 bits per heavy atom. The highest BCUT2D eigenvalue weighted by Gasteiger charge is 2.24. The zero-order valence-corrected chi connectivity index (χ0v) is 10.9. The standard InChI is InChI=1S/C13H28N2/c1-5-12(4)15-7-6-13(10-15)9-14-8-11(2)3/h11-14H,5-10H2,1-4H3. The summed E-state index contributed by atoms with van der Waals surface area (Å²) in [5, 5.41) is 3.58. The van der Waals surface area contributed by atoms with Crippen molar-refractivity contribution in [1.82, 2.24) is 10.2 Å². The largest absolute Gasteiger partial charge is 0.316 e. The normalized spacial score (nSPS) is 25.0. The molecule has 90 valence electrons. The van der Waals surface area contributed by atoms with Gasteiger partial charge in [-0.05, 0) is 51.2 Å². The molecule has 2 atom stereocenters. The van der Waals surface area contributed by atoms with Crippen LogP contribution >= 0.6 is 0 Å². The second-order valence-electron chi connectivity index (χ2n) is 5.46. The van der Waals surface area contributed by atoms with Crippen LogP contribution in [0.2, 0.25) is 0 Å². The minimum atomic E-state index is 0.775. The lowest BCUT2D eigenvalue weighted by Gasteiger charge is -2.23. The summed E-state index contributed by atoms with van der Waals surface area (Å²) in [5.41, 5.74) is 0. The van der Waals surface area contributed by atoms with Crippen molar-refractivity contribution in [3.63, 3.8) is 0 Å². The molecule has 1 aliphatic heterocycles. The van der Waals surface area contributed by atoms with Gasteiger partial charge in [-0.25, -0.2) is 0 Å². The Labute approximate surface area is 95.4 Å². The minimum Gasteiger partial charge on any atom is -0.316 e. The molecule has 0 aromatic carbocycles. The Bertz CT molecular complexity index is 168. The van der Waals surface area contributed by atoms with E-state index in [-0.39, 0.29) is 0 Å². The maximum absolute atomic E-state index is 3.58. The summed E-state index contributed by atoms with van der Waals surface area (Å²) in [6.07, 6.45) is 2.67. The van der Waals surface area contributed by atoms with E-state index in [2.05, 4.69) is 37.9 Å². The van der Waals surface area contributed by atoms with Crippen LogP contribution in [0.4, 0.5) is 0 Å². The van der Waals surface area contributed by atoms with Gasteiger partial charge in [-0.3, -0.25) is 0 Å². The van der Waals surface area contributed by atoms with Crippen LogP contribution in [0, 0.1) is 11.8 Å². The van der Waals surface area contributed by atoms with Gasteiger partial charge in [-0.2, -0.15) is 0 Å². The maximum atomic E-state index is 3.58. The molecule has 0 bridgehead atoms. The van der Waals surface area contributed by atoms with Crippen LogP contribution in [0.1, 0.15) is 40.5 Å². The Morgan fingerprint density at radius 2 is 2.07 bits per heavy atom. The molecule has 1 rings (SSSR count). The van der Waals surface area contributed by atoms with Gasteiger partial charge in [-0.1, -0.05) is 20.8 Å². The summed E-state index contributed by atoms with van der Waals surface area (Å²) in [4.78, 5) is 2.64. The third-order valence-corrected chi connectivity index (χ3v) is 3.52. The second kappa shape index (κ2) is 6.49. The molecule has 2 unspecified atom stereocenters. The topological polar surface area (TPSA) is 15.3 Å². The van der Waals surface area contributed by atoms with Crippen LogP contribution < -0.4 is 5.32 Å². The van der Waals surface area contributed by atoms with E-state index >= 15 is 0 Å². The Morgan fingerprint density at radius 1 is 1.33 bits per heavy atom. The number of nitrogens with one attached hydrogen (secondary N) is 1. The van der Waals surface area contributed by atoms with Gasteiger partial charge < -0.3 is 10.2 Å². The molecule has 15 heavy (non-hydrogen) atoms. The van der Waals surface area contributed by atoms with Gasteiger partial charge in [0.25, 0.3) is 0 Å². The van der Waals surface area contributed by atoms with Crippen molar-refractivity contribution in [2.24, 2.45) is 11.8 Å². The summed E-state index contributed by atoms with van der Waals surface area (Å²) in [6.45, 7) is 14.2. The fourth-order valence-corrected chi connectivity index (χ4v) is 2.26. The van der Waals surface area contributed by atoms with E-state index in [1.807, 2.05) is 0 Å². The quantitative estimate of drug-likeness (QED) is 0.727. The van der Waals surface area contributed by atoms with E-state index in [0.29, 0.717) is 0 Å². The molecule has 0 saturated carbocycles. The average Bonchev–Trinajstić information content (AvgIpc) is 2.65. The van der Waals surface area contributed by atoms with Gasteiger partial charge in [0.1, 0.15) is 0 Å². The molecule has 0 aromatic rings. The van der Waals surface area contributed by atoms with Crippen LogP contribution in [0.15, 0.2) is 0 Å². The highest BCUT2D eigenvalue weighted by Crippen LogP contribution is 2.19. The summed E-state index contributed by atoms with van der Waals surface area (Å²) < 4.78 is 0. The van der Waals surface area contributed by atoms with Crippen molar-refractivity contribution in [1.29, 1.82) is 0 Å². The molecule has 0 spiro atoms. The Hall–Kier alpha value is -0.0800. The first kappa shape index (κ1) is 13.0. The number of likely N-dealkylation sites (tertiary alicyclic amines) is 1. The Kier molecular flexibility index (Phi) is 5.62. The monoisotopic (exact) mass is 212 g/mol. The lowest BCUT2D eigenvalue weighted by Crippen LogP contribution is -2.32. The van der Waals surface area contributed by atoms with Crippen molar-refractivity contribution in [2.75, 3.05) is 26.2 Å². The molecule has 1 aliphatic rings. The fraction of sp³-hybridized carbons (Fsp3) is 1.00. The second-order valence-corrected chi connectivity index (χ2v) is 5.46. The van der Waals surface area contributed by atoms with Crippen molar-refractivity contribution in [3.8, 4) is 0 Å². The van der Waals surface area contributed by atoms with Crippen LogP contribution in [0.3, 0.4) is 0 Å². The molecular formula is C13H28N2. The van der Waals surface area contributed by atoms with Crippen LogP contribution in [-0.2, 0) is 0 Å². The molecule has 0 amide bonds. The smallest absolute Gasteiger partial charge is 0.00644 e. The summed E-state index contributed by atoms with van der Waals surface area (Å²) in [6, 6.07) is 0.778. The molecule has 1 heterocycles. The van der Waals surface area contributed by atoms with Crippen molar-refractivity contribution >= 4 is 0 Å². The average molecular weight is 212 g/mol. The van der Waals surface area contributed by atoms with Crippen molar-refractivity contribution < 1.29 is 0 Å². The molecule has 1 N–H and O–H groups in total. The van der Waals surface area contributed by atoms with Gasteiger partial charge in [0.2, 0.25) is 0 Å². The van der Waals surface area contributed by atoms with Gasteiger partial charge >= 0.3 is 0 Å². The van der Waals surface area contributed by atoms with Gasteiger partial charge in [-0.15, -0.1) is 0 Å². The molecule has 0 radical (unpaired) electrons. The molecular weight excluding hydrogens is 184 g/mol. The summed E-state index contributed by atoms with van der Waals surface area (Å²) >= 11 is 0. The van der Waals surface area contributed by atoms with Gasteiger partial charge in [0, 0.05) is 12.6 Å². The minimum absolute atomic E-state index is 0.775. The van der Waals surface area contributed by atoms with E-state index in [1.54, 1.807) is 0 Å². The van der Waals surface area contributed by atoms with Crippen molar-refractivity contribution in [3.05, 3.63) is 0 Å². The number of nitrogens with zero attached hydrogens (tertiary/aromatic N) is 1. The number of rotatable bonds is 6. The van der Waals surface area contributed by atoms with E-state index in [4.69, 9.17) is 0 Å². The molecule has 1 saturated heterocycles. The molecule has 2 heteroatoms. The van der Waals surface area contributed by atoms with Crippen LogP contribution in [0.25, 0.3) is 0 Å². The maximum Gasteiger partial charge on any atom is 0.00644 e. The van der Waals surface area contributed by atoms with Gasteiger partial charge in [0.05, 0.1) is 0 Å². The van der Waals surface area contributed by atoms with E-state index in [9.17, 15) is 0 Å². The van der Waals surface area contributed by atoms with Crippen LogP contribution in [0.5, 0.6) is 0 Å². The molecule has 1 fully saturated rings. The summed E-state index contributed by atoms with van der Waals surface area (Å²) in [7, 11) is 0. The highest BCUT2D eigenvalue weighted by atomic mass is 15.2. The Balaban J connectivity index is 2.13. The third kappa shape index (κ3) is 4.52. The summed E-state index contributed by atoms with van der Waals surface area (Å²) in [5.74, 6) is 1.66. The van der Waals surface area contributed by atoms with E-state index in [0.717, 1.165) is 17.9 Å². The predicted octanol–water partition coefficient (Wildman–Crippen LogP) is 2.35. The molecule has 0 aromatic heterocycles. The predicted molar refractivity (Wildman–Crippen MR) is 67.1 cm³/mol. The first-order valence-electron chi connectivity index (χ1n) is 6.58. The highest BCUT2D eigenvalue weighted by molar-refractivity contribution is 4.80. The van der Waals surface area contributed by atoms with Gasteiger partial charge in [0.15, 0.2) is 0 Å². The van der Waals surface area contributed by atoms with Crippen molar-refractivity contribution in [2.45, 2.75) is 46.6 Å². The molecule has 2 nitrogen and oxygen atoms in total. The van der Waals surface area contributed by atoms with E-state index in [1.165, 1.54) is 39.0 Å². The fourth-order valence-electron chi connectivity index (χ4n) is 2.26. The first-order chi connectivity index (χ1) is 7.13.